The Morgan fingerprint density at radius 2 is 1.11 bits per heavy atom. The Labute approximate surface area is 124 Å². The second-order valence-electron chi connectivity index (χ2n) is 3.65. The monoisotopic (exact) mass is 320 g/mol. The first-order valence-electron chi connectivity index (χ1n) is 4.96. The zero-order valence-corrected chi connectivity index (χ0v) is 12.3. The van der Waals surface area contributed by atoms with E-state index in [2.05, 4.69) is 0 Å². The summed E-state index contributed by atoms with van der Waals surface area (Å²) in [6, 6.07) is 12.4. The lowest BCUT2D eigenvalue weighted by Crippen LogP contribution is -2.03. The Hall–Kier alpha value is -1.43. The molecule has 4 N–H and O–H groups in total. The highest BCUT2D eigenvalue weighted by Gasteiger charge is 2.17. The van der Waals surface area contributed by atoms with Crippen LogP contribution in [0.15, 0.2) is 58.3 Å². The van der Waals surface area contributed by atoms with Crippen LogP contribution >= 0.6 is 24.8 Å². The van der Waals surface area contributed by atoms with Crippen molar-refractivity contribution in [1.29, 1.82) is 0 Å². The summed E-state index contributed by atoms with van der Waals surface area (Å²) in [4.78, 5) is 0.339. The Morgan fingerprint density at radius 1 is 0.737 bits per heavy atom. The van der Waals surface area contributed by atoms with Crippen LogP contribution in [0.25, 0.3) is 0 Å². The van der Waals surface area contributed by atoms with Gasteiger partial charge in [0.25, 0.3) is 0 Å². The molecule has 2 aromatic carbocycles. The van der Waals surface area contributed by atoms with E-state index >= 15 is 0 Å². The third-order valence-electron chi connectivity index (χ3n) is 2.34. The first-order valence-corrected chi connectivity index (χ1v) is 6.44. The van der Waals surface area contributed by atoms with Crippen LogP contribution in [0, 0.1) is 0 Å². The smallest absolute Gasteiger partial charge is 0.206 e. The molecule has 0 fully saturated rings. The summed E-state index contributed by atoms with van der Waals surface area (Å²) in [5.74, 6) is 0. The van der Waals surface area contributed by atoms with Crippen LogP contribution in [-0.2, 0) is 9.84 Å². The molecular formula is C12H14Cl2N2O2S. The molecule has 19 heavy (non-hydrogen) atoms. The van der Waals surface area contributed by atoms with Gasteiger partial charge < -0.3 is 11.5 Å². The number of sulfone groups is 1. The van der Waals surface area contributed by atoms with Gasteiger partial charge in [-0.3, -0.25) is 0 Å². The number of nitrogen functional groups attached to an aromatic ring is 2. The predicted molar refractivity (Wildman–Crippen MR) is 81.7 cm³/mol. The highest BCUT2D eigenvalue weighted by molar-refractivity contribution is 7.91. The van der Waals surface area contributed by atoms with Gasteiger partial charge in [0, 0.05) is 11.4 Å². The number of nitrogens with two attached hydrogens (primary N) is 2. The van der Waals surface area contributed by atoms with Crippen LogP contribution < -0.4 is 11.5 Å². The second-order valence-corrected chi connectivity index (χ2v) is 5.60. The number of hydrogen-bond donors (Lipinski definition) is 2. The van der Waals surface area contributed by atoms with E-state index in [1.165, 1.54) is 24.3 Å². The average molecular weight is 321 g/mol. The number of rotatable bonds is 2. The molecule has 0 amide bonds. The molecule has 0 aliphatic heterocycles. The van der Waals surface area contributed by atoms with Crippen LogP contribution in [-0.4, -0.2) is 8.42 Å². The summed E-state index contributed by atoms with van der Waals surface area (Å²) in [7, 11) is -3.54. The van der Waals surface area contributed by atoms with Crippen LogP contribution in [0.1, 0.15) is 0 Å². The van der Waals surface area contributed by atoms with E-state index in [1.807, 2.05) is 0 Å². The maximum absolute atomic E-state index is 12.2. The number of hydrogen-bond acceptors (Lipinski definition) is 4. The van der Waals surface area contributed by atoms with E-state index in [1.54, 1.807) is 24.3 Å². The fourth-order valence-electron chi connectivity index (χ4n) is 1.50. The van der Waals surface area contributed by atoms with Crippen molar-refractivity contribution in [2.24, 2.45) is 0 Å². The van der Waals surface area contributed by atoms with Gasteiger partial charge in [0.15, 0.2) is 0 Å². The van der Waals surface area contributed by atoms with Gasteiger partial charge in [-0.05, 0) is 36.4 Å². The van der Waals surface area contributed by atoms with Gasteiger partial charge in [0.1, 0.15) is 0 Å². The van der Waals surface area contributed by atoms with Gasteiger partial charge in [-0.2, -0.15) is 0 Å². The van der Waals surface area contributed by atoms with Gasteiger partial charge >= 0.3 is 0 Å². The molecule has 0 atom stereocenters. The van der Waals surface area contributed by atoms with Crippen molar-refractivity contribution >= 4 is 46.0 Å². The van der Waals surface area contributed by atoms with Crippen molar-refractivity contribution in [3.05, 3.63) is 48.5 Å². The molecule has 4 nitrogen and oxygen atoms in total. The summed E-state index contributed by atoms with van der Waals surface area (Å²) >= 11 is 0. The van der Waals surface area contributed by atoms with Gasteiger partial charge in [-0.1, -0.05) is 12.1 Å². The van der Waals surface area contributed by atoms with E-state index < -0.39 is 9.84 Å². The normalized spacial score (nSPS) is 10.1. The quantitative estimate of drug-likeness (QED) is 0.832. The summed E-state index contributed by atoms with van der Waals surface area (Å²) in [6.07, 6.45) is 0. The Balaban J connectivity index is 0.00000162. The highest BCUT2D eigenvalue weighted by Crippen LogP contribution is 2.23. The van der Waals surface area contributed by atoms with Gasteiger partial charge in [-0.15, -0.1) is 24.8 Å². The topological polar surface area (TPSA) is 86.2 Å². The van der Waals surface area contributed by atoms with Gasteiger partial charge in [-0.25, -0.2) is 8.42 Å². The summed E-state index contributed by atoms with van der Waals surface area (Å²) in [5, 5.41) is 0. The molecule has 0 unspecified atom stereocenters. The minimum absolute atomic E-state index is 0. The van der Waals surface area contributed by atoms with Crippen LogP contribution in [0.2, 0.25) is 0 Å². The Kier molecular flexibility index (Phi) is 6.15. The van der Waals surface area contributed by atoms with Crippen molar-refractivity contribution < 1.29 is 8.42 Å². The van der Waals surface area contributed by atoms with E-state index in [0.717, 1.165) is 0 Å². The summed E-state index contributed by atoms with van der Waals surface area (Å²) in [6.45, 7) is 0. The SMILES string of the molecule is Cl.Cl.Nc1cccc(S(=O)(=O)c2cccc(N)c2)c1. The number of anilines is 2. The van der Waals surface area contributed by atoms with Crippen molar-refractivity contribution in [3.8, 4) is 0 Å². The zero-order valence-electron chi connectivity index (χ0n) is 9.81. The summed E-state index contributed by atoms with van der Waals surface area (Å²) in [5.41, 5.74) is 12.0. The molecule has 0 aliphatic rings. The van der Waals surface area contributed by atoms with E-state index in [9.17, 15) is 8.42 Å². The Bertz CT molecular complexity index is 609. The van der Waals surface area contributed by atoms with E-state index in [0.29, 0.717) is 11.4 Å². The third-order valence-corrected chi connectivity index (χ3v) is 4.09. The molecule has 0 aliphatic carbocycles. The third kappa shape index (κ3) is 3.76. The molecule has 0 spiro atoms. The minimum atomic E-state index is -3.54. The standard InChI is InChI=1S/C12H12N2O2S.2ClH/c13-9-3-1-5-11(7-9)17(15,16)12-6-2-4-10(14)8-12;;/h1-8H,13-14H2;2*1H. The van der Waals surface area contributed by atoms with Gasteiger partial charge in [0.2, 0.25) is 9.84 Å². The highest BCUT2D eigenvalue weighted by atomic mass is 35.5. The first kappa shape index (κ1) is 17.6. The predicted octanol–water partition coefficient (Wildman–Crippen LogP) is 2.53. The molecular weight excluding hydrogens is 307 g/mol. The number of benzene rings is 2. The molecule has 0 saturated heterocycles. The average Bonchev–Trinajstić information content (AvgIpc) is 2.29. The Morgan fingerprint density at radius 3 is 1.42 bits per heavy atom. The second kappa shape index (κ2) is 6.65. The molecule has 2 rings (SSSR count). The molecule has 0 bridgehead atoms. The molecule has 2 aromatic rings. The zero-order chi connectivity index (χ0) is 12.5. The van der Waals surface area contributed by atoms with Crippen LogP contribution in [0.4, 0.5) is 11.4 Å². The number of halogens is 2. The van der Waals surface area contributed by atoms with Crippen molar-refractivity contribution in [2.45, 2.75) is 9.79 Å². The van der Waals surface area contributed by atoms with Crippen LogP contribution in [0.5, 0.6) is 0 Å². The van der Waals surface area contributed by atoms with E-state index in [-0.39, 0.29) is 34.6 Å². The lowest BCUT2D eigenvalue weighted by atomic mass is 10.3. The maximum Gasteiger partial charge on any atom is 0.206 e. The first-order chi connectivity index (χ1) is 8.00. The fourth-order valence-corrected chi connectivity index (χ4v) is 2.87. The molecule has 0 saturated carbocycles. The lowest BCUT2D eigenvalue weighted by molar-refractivity contribution is 0.596. The minimum Gasteiger partial charge on any atom is -0.399 e. The molecule has 0 radical (unpaired) electrons. The lowest BCUT2D eigenvalue weighted by Gasteiger charge is -2.05. The van der Waals surface area contributed by atoms with Gasteiger partial charge in [0.05, 0.1) is 9.79 Å². The largest absolute Gasteiger partial charge is 0.399 e. The summed E-state index contributed by atoms with van der Waals surface area (Å²) < 4.78 is 24.5. The maximum atomic E-state index is 12.2. The van der Waals surface area contributed by atoms with Crippen molar-refractivity contribution in [2.75, 3.05) is 11.5 Å². The molecule has 104 valence electrons. The van der Waals surface area contributed by atoms with E-state index in [4.69, 9.17) is 11.5 Å². The molecule has 0 aromatic heterocycles. The molecule has 0 heterocycles. The molecule has 7 heteroatoms. The van der Waals surface area contributed by atoms with Crippen LogP contribution in [0.3, 0.4) is 0 Å². The van der Waals surface area contributed by atoms with Crippen molar-refractivity contribution in [1.82, 2.24) is 0 Å². The fraction of sp³-hybridized carbons (Fsp3) is 0. The van der Waals surface area contributed by atoms with Crippen molar-refractivity contribution in [3.63, 3.8) is 0 Å².